The zero-order valence-electron chi connectivity index (χ0n) is 14.7. The molecule has 1 atom stereocenters. The molecule has 0 spiro atoms. The van der Waals surface area contributed by atoms with Crippen LogP contribution in [0.4, 0.5) is 0 Å². The monoisotopic (exact) mass is 305 g/mol. The summed E-state index contributed by atoms with van der Waals surface area (Å²) in [6.45, 7) is 13.2. The van der Waals surface area contributed by atoms with E-state index in [1.165, 1.54) is 5.56 Å². The summed E-state index contributed by atoms with van der Waals surface area (Å²) in [7, 11) is 0. The Morgan fingerprint density at radius 1 is 1.18 bits per heavy atom. The molecule has 1 aromatic rings. The van der Waals surface area contributed by atoms with Gasteiger partial charge >= 0.3 is 5.97 Å². The molecule has 0 heterocycles. The summed E-state index contributed by atoms with van der Waals surface area (Å²) in [4.78, 5) is 14.1. The molecule has 0 aliphatic carbocycles. The minimum Gasteiger partial charge on any atom is -0.481 e. The third kappa shape index (κ3) is 4.84. The highest BCUT2D eigenvalue weighted by atomic mass is 16.4. The predicted octanol–water partition coefficient (Wildman–Crippen LogP) is 3.96. The summed E-state index contributed by atoms with van der Waals surface area (Å²) in [6, 6.07) is 8.14. The average Bonchev–Trinajstić information content (AvgIpc) is 2.48. The highest BCUT2D eigenvalue weighted by Gasteiger charge is 2.35. The maximum Gasteiger partial charge on any atom is 0.313 e. The lowest BCUT2D eigenvalue weighted by Crippen LogP contribution is -2.37. The van der Waals surface area contributed by atoms with Crippen LogP contribution in [0.25, 0.3) is 0 Å². The number of nitrogens with zero attached hydrogens (tertiary/aromatic N) is 1. The van der Waals surface area contributed by atoms with Crippen LogP contribution in [0, 0.1) is 5.92 Å². The van der Waals surface area contributed by atoms with Gasteiger partial charge in [-0.1, -0.05) is 52.0 Å². The van der Waals surface area contributed by atoms with Crippen molar-refractivity contribution in [3.8, 4) is 0 Å². The Balaban J connectivity index is 2.91. The molecule has 0 saturated carbocycles. The molecule has 0 fully saturated rings. The summed E-state index contributed by atoms with van der Waals surface area (Å²) in [5.74, 6) is -0.129. The lowest BCUT2D eigenvalue weighted by atomic mass is 9.79. The first-order chi connectivity index (χ1) is 10.3. The fourth-order valence-electron chi connectivity index (χ4n) is 2.78. The average molecular weight is 305 g/mol. The summed E-state index contributed by atoms with van der Waals surface area (Å²) in [5, 5.41) is 9.74. The van der Waals surface area contributed by atoms with E-state index in [1.807, 2.05) is 19.1 Å². The number of carbonyl (C=O) groups is 1. The second kappa shape index (κ2) is 8.33. The van der Waals surface area contributed by atoms with Crippen molar-refractivity contribution in [3.63, 3.8) is 0 Å². The Hall–Kier alpha value is -1.35. The Morgan fingerprint density at radius 2 is 1.73 bits per heavy atom. The molecular weight excluding hydrogens is 274 g/mol. The van der Waals surface area contributed by atoms with E-state index in [4.69, 9.17) is 0 Å². The van der Waals surface area contributed by atoms with E-state index in [9.17, 15) is 9.90 Å². The molecule has 124 valence electrons. The number of rotatable bonds is 9. The van der Waals surface area contributed by atoms with E-state index in [0.717, 1.165) is 31.6 Å². The minimum atomic E-state index is -0.820. The van der Waals surface area contributed by atoms with Gasteiger partial charge in [-0.05, 0) is 56.4 Å². The molecule has 1 aromatic carbocycles. The summed E-state index contributed by atoms with van der Waals surface area (Å²) in [6.07, 6.45) is 1.66. The van der Waals surface area contributed by atoms with Gasteiger partial charge in [-0.15, -0.1) is 0 Å². The van der Waals surface area contributed by atoms with Crippen LogP contribution < -0.4 is 0 Å². The van der Waals surface area contributed by atoms with Gasteiger partial charge in [0.2, 0.25) is 0 Å². The van der Waals surface area contributed by atoms with Crippen molar-refractivity contribution in [1.29, 1.82) is 0 Å². The van der Waals surface area contributed by atoms with Crippen molar-refractivity contribution in [2.45, 2.75) is 52.9 Å². The van der Waals surface area contributed by atoms with Crippen LogP contribution in [-0.4, -0.2) is 35.6 Å². The molecular formula is C19H31NO2. The number of benzene rings is 1. The molecule has 0 aliphatic heterocycles. The number of hydrogen-bond acceptors (Lipinski definition) is 2. The zero-order valence-corrected chi connectivity index (χ0v) is 14.7. The summed E-state index contributed by atoms with van der Waals surface area (Å²) >= 11 is 0. The topological polar surface area (TPSA) is 40.5 Å². The Morgan fingerprint density at radius 3 is 2.14 bits per heavy atom. The first kappa shape index (κ1) is 18.7. The first-order valence-electron chi connectivity index (χ1n) is 8.38. The van der Waals surface area contributed by atoms with Crippen molar-refractivity contribution in [2.75, 3.05) is 19.6 Å². The van der Waals surface area contributed by atoms with Gasteiger partial charge in [0.05, 0.1) is 5.41 Å². The molecule has 0 amide bonds. The highest BCUT2D eigenvalue weighted by Crippen LogP contribution is 2.29. The van der Waals surface area contributed by atoms with E-state index < -0.39 is 11.4 Å². The van der Waals surface area contributed by atoms with Crippen LogP contribution in [0.3, 0.4) is 0 Å². The lowest BCUT2D eigenvalue weighted by molar-refractivity contribution is -0.143. The van der Waals surface area contributed by atoms with E-state index in [-0.39, 0.29) is 0 Å². The summed E-state index contributed by atoms with van der Waals surface area (Å²) in [5.41, 5.74) is 1.36. The molecule has 22 heavy (non-hydrogen) atoms. The maximum absolute atomic E-state index is 11.9. The van der Waals surface area contributed by atoms with Gasteiger partial charge in [0.25, 0.3) is 0 Å². The van der Waals surface area contributed by atoms with Crippen molar-refractivity contribution < 1.29 is 9.90 Å². The first-order valence-corrected chi connectivity index (χ1v) is 8.38. The molecule has 0 radical (unpaired) electrons. The van der Waals surface area contributed by atoms with Gasteiger partial charge in [-0.2, -0.15) is 0 Å². The van der Waals surface area contributed by atoms with Gasteiger partial charge in [0.15, 0.2) is 0 Å². The second-order valence-corrected chi connectivity index (χ2v) is 6.71. The Kier molecular flexibility index (Phi) is 7.08. The van der Waals surface area contributed by atoms with Crippen LogP contribution in [-0.2, 0) is 16.6 Å². The third-order valence-electron chi connectivity index (χ3n) is 4.53. The van der Waals surface area contributed by atoms with Crippen LogP contribution in [0.5, 0.6) is 0 Å². The van der Waals surface area contributed by atoms with Crippen molar-refractivity contribution >= 4 is 5.97 Å². The van der Waals surface area contributed by atoms with Crippen molar-refractivity contribution in [3.05, 3.63) is 35.4 Å². The smallest absolute Gasteiger partial charge is 0.313 e. The SMILES string of the molecule is CCN(CC)CCC(C)(C(=O)O)c1ccc(CC(C)C)cc1. The van der Waals surface area contributed by atoms with Gasteiger partial charge in [0, 0.05) is 0 Å². The van der Waals surface area contributed by atoms with Crippen LogP contribution >= 0.6 is 0 Å². The minimum absolute atomic E-state index is 0.611. The molecule has 0 saturated heterocycles. The Bertz CT molecular complexity index is 463. The van der Waals surface area contributed by atoms with Crippen molar-refractivity contribution in [2.24, 2.45) is 5.92 Å². The van der Waals surface area contributed by atoms with Gasteiger partial charge in [-0.25, -0.2) is 0 Å². The molecule has 1 unspecified atom stereocenters. The van der Waals surface area contributed by atoms with E-state index in [0.29, 0.717) is 12.3 Å². The lowest BCUT2D eigenvalue weighted by Gasteiger charge is -2.29. The quantitative estimate of drug-likeness (QED) is 0.751. The number of hydrogen-bond donors (Lipinski definition) is 1. The van der Waals surface area contributed by atoms with Crippen molar-refractivity contribution in [1.82, 2.24) is 4.90 Å². The van der Waals surface area contributed by atoms with E-state index in [2.05, 4.69) is 44.7 Å². The maximum atomic E-state index is 11.9. The number of carboxylic acids is 1. The normalized spacial score (nSPS) is 14.3. The third-order valence-corrected chi connectivity index (χ3v) is 4.53. The van der Waals surface area contributed by atoms with Gasteiger partial charge in [-0.3, -0.25) is 4.79 Å². The molecule has 3 nitrogen and oxygen atoms in total. The van der Waals surface area contributed by atoms with E-state index >= 15 is 0 Å². The highest BCUT2D eigenvalue weighted by molar-refractivity contribution is 5.80. The van der Waals surface area contributed by atoms with Gasteiger partial charge < -0.3 is 10.0 Å². The van der Waals surface area contributed by atoms with E-state index in [1.54, 1.807) is 0 Å². The molecule has 0 aromatic heterocycles. The van der Waals surface area contributed by atoms with Crippen LogP contribution in [0.1, 0.15) is 52.2 Å². The van der Waals surface area contributed by atoms with Crippen LogP contribution in [0.15, 0.2) is 24.3 Å². The second-order valence-electron chi connectivity index (χ2n) is 6.71. The number of aliphatic carboxylic acids is 1. The molecule has 3 heteroatoms. The standard InChI is InChI=1S/C19H31NO2/c1-6-20(7-2)13-12-19(5,18(21)22)17-10-8-16(9-11-17)14-15(3)4/h8-11,15H,6-7,12-14H2,1-5H3,(H,21,22). The Labute approximate surface area is 135 Å². The molecule has 0 bridgehead atoms. The molecule has 0 aliphatic rings. The zero-order chi connectivity index (χ0) is 16.8. The van der Waals surface area contributed by atoms with Crippen LogP contribution in [0.2, 0.25) is 0 Å². The molecule has 1 N–H and O–H groups in total. The largest absolute Gasteiger partial charge is 0.481 e. The number of carboxylic acid groups (broad SMARTS) is 1. The van der Waals surface area contributed by atoms with Gasteiger partial charge in [0.1, 0.15) is 0 Å². The fraction of sp³-hybridized carbons (Fsp3) is 0.632. The fourth-order valence-corrected chi connectivity index (χ4v) is 2.78. The predicted molar refractivity (Wildman–Crippen MR) is 92.4 cm³/mol. The summed E-state index contributed by atoms with van der Waals surface area (Å²) < 4.78 is 0. The molecule has 1 rings (SSSR count).